The van der Waals surface area contributed by atoms with Gasteiger partial charge in [0.05, 0.1) is 5.92 Å². The lowest BCUT2D eigenvalue weighted by molar-refractivity contribution is -0.274. The minimum Gasteiger partial charge on any atom is -0.457 e. The summed E-state index contributed by atoms with van der Waals surface area (Å²) in [6, 6.07) is 14.0. The maximum absolute atomic E-state index is 13.2. The Kier molecular flexibility index (Phi) is 6.36. The lowest BCUT2D eigenvalue weighted by Gasteiger charge is -2.38. The van der Waals surface area contributed by atoms with E-state index in [2.05, 4.69) is 4.74 Å². The molecule has 1 aliphatic heterocycles. The third-order valence-electron chi connectivity index (χ3n) is 5.83. The largest absolute Gasteiger partial charge is 0.573 e. The van der Waals surface area contributed by atoms with Crippen LogP contribution in [0.3, 0.4) is 0 Å². The molecular formula is C26H24F3NO5. The van der Waals surface area contributed by atoms with Crippen LogP contribution in [0.5, 0.6) is 5.75 Å². The number of ether oxygens (including phenoxy) is 3. The first-order chi connectivity index (χ1) is 16.4. The van der Waals surface area contributed by atoms with Crippen LogP contribution in [0, 0.1) is 5.41 Å². The second-order valence-corrected chi connectivity index (χ2v) is 9.27. The smallest absolute Gasteiger partial charge is 0.457 e. The number of carbonyl (C=O) groups excluding carboxylic acids is 2. The molecule has 2 N–H and O–H groups in total. The maximum Gasteiger partial charge on any atom is 0.573 e. The van der Waals surface area contributed by atoms with Crippen molar-refractivity contribution in [2.45, 2.75) is 45.6 Å². The van der Waals surface area contributed by atoms with E-state index in [-0.39, 0.29) is 41.3 Å². The molecule has 35 heavy (non-hydrogen) atoms. The average Bonchev–Trinajstić information content (AvgIpc) is 2.76. The molecule has 184 valence electrons. The zero-order chi connectivity index (χ0) is 25.4. The normalized spacial score (nSPS) is 19.7. The van der Waals surface area contributed by atoms with Gasteiger partial charge < -0.3 is 19.9 Å². The Morgan fingerprint density at radius 1 is 1.09 bits per heavy atom. The molecule has 1 heterocycles. The molecule has 0 saturated heterocycles. The van der Waals surface area contributed by atoms with E-state index in [4.69, 9.17) is 15.2 Å². The summed E-state index contributed by atoms with van der Waals surface area (Å²) in [4.78, 5) is 26.4. The molecule has 4 rings (SSSR count). The van der Waals surface area contributed by atoms with Crippen LogP contribution in [0.15, 0.2) is 77.4 Å². The van der Waals surface area contributed by atoms with Gasteiger partial charge in [-0.2, -0.15) is 0 Å². The highest BCUT2D eigenvalue weighted by Crippen LogP contribution is 2.48. The van der Waals surface area contributed by atoms with Crippen LogP contribution in [0.2, 0.25) is 0 Å². The van der Waals surface area contributed by atoms with Gasteiger partial charge in [-0.1, -0.05) is 56.3 Å². The number of allylic oxidation sites excluding steroid dienone is 2. The number of hydrogen-bond donors (Lipinski definition) is 1. The summed E-state index contributed by atoms with van der Waals surface area (Å²) in [5.74, 6) is -2.24. The molecule has 0 radical (unpaired) electrons. The Hall–Kier alpha value is -3.75. The molecule has 1 atom stereocenters. The van der Waals surface area contributed by atoms with E-state index < -0.39 is 24.0 Å². The van der Waals surface area contributed by atoms with Crippen LogP contribution in [0.25, 0.3) is 0 Å². The van der Waals surface area contributed by atoms with Gasteiger partial charge in [0.15, 0.2) is 5.78 Å². The van der Waals surface area contributed by atoms with Crippen molar-refractivity contribution in [1.29, 1.82) is 0 Å². The molecule has 0 aromatic heterocycles. The molecule has 0 bridgehead atoms. The lowest BCUT2D eigenvalue weighted by atomic mass is 9.70. The Bertz CT molecular complexity index is 1200. The van der Waals surface area contributed by atoms with Crippen LogP contribution < -0.4 is 10.5 Å². The average molecular weight is 487 g/mol. The fourth-order valence-corrected chi connectivity index (χ4v) is 4.38. The van der Waals surface area contributed by atoms with Gasteiger partial charge in [-0.3, -0.25) is 4.79 Å². The van der Waals surface area contributed by atoms with Crippen LogP contribution in [-0.2, 0) is 25.7 Å². The summed E-state index contributed by atoms with van der Waals surface area (Å²) in [6.07, 6.45) is -4.22. The molecule has 6 nitrogen and oxygen atoms in total. The summed E-state index contributed by atoms with van der Waals surface area (Å²) < 4.78 is 53.0. The third-order valence-corrected chi connectivity index (χ3v) is 5.83. The van der Waals surface area contributed by atoms with Gasteiger partial charge in [0.1, 0.15) is 23.7 Å². The SMILES string of the molecule is CC1(C)CC(=O)C2=C(C1)OC(N)=C(C(=O)OCc1ccccc1)[C@@H]2c1ccc(OC(F)(F)F)cc1. The maximum atomic E-state index is 13.2. The molecule has 2 aromatic rings. The Morgan fingerprint density at radius 2 is 1.74 bits per heavy atom. The first-order valence-corrected chi connectivity index (χ1v) is 10.9. The van der Waals surface area contributed by atoms with Crippen molar-refractivity contribution in [2.24, 2.45) is 11.1 Å². The molecule has 2 aromatic carbocycles. The number of alkyl halides is 3. The van der Waals surface area contributed by atoms with E-state index in [0.717, 1.165) is 17.7 Å². The van der Waals surface area contributed by atoms with Gasteiger partial charge in [0.25, 0.3) is 0 Å². The van der Waals surface area contributed by atoms with Gasteiger partial charge in [-0.25, -0.2) is 4.79 Å². The van der Waals surface area contributed by atoms with Gasteiger partial charge in [-0.15, -0.1) is 13.2 Å². The highest BCUT2D eigenvalue weighted by Gasteiger charge is 2.45. The monoisotopic (exact) mass is 487 g/mol. The minimum absolute atomic E-state index is 0.0333. The first kappa shape index (κ1) is 24.4. The van der Waals surface area contributed by atoms with E-state index >= 15 is 0 Å². The van der Waals surface area contributed by atoms with Crippen LogP contribution in [0.1, 0.15) is 43.7 Å². The molecular weight excluding hydrogens is 463 g/mol. The van der Waals surface area contributed by atoms with Gasteiger partial charge >= 0.3 is 12.3 Å². The summed E-state index contributed by atoms with van der Waals surface area (Å²) in [6.45, 7) is 3.80. The molecule has 0 fully saturated rings. The van der Waals surface area contributed by atoms with Crippen molar-refractivity contribution >= 4 is 11.8 Å². The number of benzene rings is 2. The van der Waals surface area contributed by atoms with Crippen molar-refractivity contribution in [2.75, 3.05) is 0 Å². The fourth-order valence-electron chi connectivity index (χ4n) is 4.38. The molecule has 0 amide bonds. The number of rotatable bonds is 5. The second-order valence-electron chi connectivity index (χ2n) is 9.27. The van der Waals surface area contributed by atoms with Crippen molar-refractivity contribution in [3.8, 4) is 5.75 Å². The molecule has 2 aliphatic rings. The van der Waals surface area contributed by atoms with E-state index in [1.54, 1.807) is 24.3 Å². The van der Waals surface area contributed by atoms with Gasteiger partial charge in [0.2, 0.25) is 5.88 Å². The van der Waals surface area contributed by atoms with Gasteiger partial charge in [-0.05, 0) is 28.7 Å². The summed E-state index contributed by atoms with van der Waals surface area (Å²) in [7, 11) is 0. The van der Waals surface area contributed by atoms with Gasteiger partial charge in [0, 0.05) is 18.4 Å². The standard InChI is InChI=1S/C26H24F3NO5/c1-25(2)12-18(31)21-19(13-25)34-23(30)22(24(32)33-14-15-6-4-3-5-7-15)20(21)16-8-10-17(11-9-16)35-26(27,28)29/h3-11,20H,12-14,30H2,1-2H3/t20-/m1/s1. The second kappa shape index (κ2) is 9.13. The molecule has 0 saturated carbocycles. The number of halogens is 3. The number of esters is 1. The lowest BCUT2D eigenvalue weighted by Crippen LogP contribution is -2.35. The zero-order valence-electron chi connectivity index (χ0n) is 19.1. The van der Waals surface area contributed by atoms with Crippen molar-refractivity contribution in [1.82, 2.24) is 0 Å². The highest BCUT2D eigenvalue weighted by molar-refractivity contribution is 6.03. The summed E-state index contributed by atoms with van der Waals surface area (Å²) >= 11 is 0. The highest BCUT2D eigenvalue weighted by atomic mass is 19.4. The van der Waals surface area contributed by atoms with Crippen molar-refractivity contribution in [3.05, 3.63) is 88.5 Å². The number of ketones is 1. The number of Topliss-reactive ketones (excluding diaryl/α,β-unsaturated/α-hetero) is 1. The van der Waals surface area contributed by atoms with E-state index in [1.165, 1.54) is 12.1 Å². The minimum atomic E-state index is -4.85. The predicted octanol–water partition coefficient (Wildman–Crippen LogP) is 5.26. The van der Waals surface area contributed by atoms with Crippen LogP contribution in [0.4, 0.5) is 13.2 Å². The zero-order valence-corrected chi connectivity index (χ0v) is 19.1. The molecule has 1 aliphatic carbocycles. The van der Waals surface area contributed by atoms with Crippen LogP contribution >= 0.6 is 0 Å². The Labute approximate surface area is 200 Å². The predicted molar refractivity (Wildman–Crippen MR) is 119 cm³/mol. The third kappa shape index (κ3) is 5.50. The fraction of sp³-hybridized carbons (Fsp3) is 0.308. The number of hydrogen-bond acceptors (Lipinski definition) is 6. The summed E-state index contributed by atoms with van der Waals surface area (Å²) in [5.41, 5.74) is 7.11. The van der Waals surface area contributed by atoms with Crippen molar-refractivity contribution in [3.63, 3.8) is 0 Å². The number of nitrogens with two attached hydrogens (primary N) is 1. The van der Waals surface area contributed by atoms with E-state index in [1.807, 2.05) is 19.9 Å². The van der Waals surface area contributed by atoms with Crippen molar-refractivity contribution < 1.29 is 37.0 Å². The quantitative estimate of drug-likeness (QED) is 0.580. The van der Waals surface area contributed by atoms with E-state index in [0.29, 0.717) is 17.7 Å². The Balaban J connectivity index is 1.71. The molecule has 0 unspecified atom stereocenters. The summed E-state index contributed by atoms with van der Waals surface area (Å²) in [5, 5.41) is 0. The molecule has 9 heteroatoms. The molecule has 0 spiro atoms. The van der Waals surface area contributed by atoms with E-state index in [9.17, 15) is 22.8 Å². The Morgan fingerprint density at radius 3 is 2.37 bits per heavy atom. The first-order valence-electron chi connectivity index (χ1n) is 10.9. The topological polar surface area (TPSA) is 87.9 Å². The van der Waals surface area contributed by atoms with Crippen LogP contribution in [-0.4, -0.2) is 18.1 Å². The number of carbonyl (C=O) groups is 2.